The molecule has 1 heterocycles. The van der Waals surface area contributed by atoms with E-state index in [2.05, 4.69) is 9.84 Å². The molecule has 40 heavy (non-hydrogen) atoms. The summed E-state index contributed by atoms with van der Waals surface area (Å²) in [5.74, 6) is 0.405. The molecule has 4 aromatic rings. The van der Waals surface area contributed by atoms with Gasteiger partial charge in [0.25, 0.3) is 5.56 Å². The molecular weight excluding hydrogens is 516 g/mol. The summed E-state index contributed by atoms with van der Waals surface area (Å²) in [5, 5.41) is 16.5. The van der Waals surface area contributed by atoms with Gasteiger partial charge in [-0.15, -0.1) is 0 Å². The van der Waals surface area contributed by atoms with E-state index in [0.29, 0.717) is 27.9 Å². The first-order chi connectivity index (χ1) is 19.1. The molecular formula is C29H28N4O7. The average molecular weight is 545 g/mol. The monoisotopic (exact) mass is 544 g/mol. The number of carbonyl (C=O) groups is 1. The summed E-state index contributed by atoms with van der Waals surface area (Å²) in [6.07, 6.45) is 1.33. The average Bonchev–Trinajstić information content (AvgIpc) is 2.95. The number of benzene rings is 3. The lowest BCUT2D eigenvalue weighted by Gasteiger charge is -2.17. The van der Waals surface area contributed by atoms with Crippen LogP contribution in [0.4, 0.5) is 5.69 Å². The van der Waals surface area contributed by atoms with E-state index in [0.717, 1.165) is 16.9 Å². The first-order valence-electron chi connectivity index (χ1n) is 12.4. The fourth-order valence-electron chi connectivity index (χ4n) is 4.17. The maximum atomic E-state index is 13.6. The lowest BCUT2D eigenvalue weighted by Crippen LogP contribution is -2.21. The van der Waals surface area contributed by atoms with Crippen molar-refractivity contribution in [3.63, 3.8) is 0 Å². The molecule has 11 heteroatoms. The summed E-state index contributed by atoms with van der Waals surface area (Å²) in [6, 6.07) is 14.9. The van der Waals surface area contributed by atoms with Gasteiger partial charge in [-0.1, -0.05) is 26.0 Å². The first-order valence-corrected chi connectivity index (χ1v) is 12.4. The number of methoxy groups -OCH3 is 2. The standard InChI is InChI=1S/C29H28N4O7/c1-17(2)21-14-22(18(3)12-26(21)38-4)28-31-23-9-7-6-8-20(23)29(35)32(28)30-15-19-10-11-25(24(13-19)33(36)37)40-16-27(34)39-5/h6-15,17H,16H2,1-5H3. The molecule has 0 bridgehead atoms. The van der Waals surface area contributed by atoms with Gasteiger partial charge in [0.1, 0.15) is 5.75 Å². The smallest absolute Gasteiger partial charge is 0.343 e. The lowest BCUT2D eigenvalue weighted by molar-refractivity contribution is -0.385. The number of hydrogen-bond acceptors (Lipinski definition) is 9. The number of nitro benzene ring substituents is 1. The second kappa shape index (κ2) is 11.8. The number of aryl methyl sites for hydroxylation is 1. The number of nitrogens with zero attached hydrogens (tertiary/aromatic N) is 4. The maximum Gasteiger partial charge on any atom is 0.343 e. The summed E-state index contributed by atoms with van der Waals surface area (Å²) in [6.45, 7) is 5.50. The third-order valence-corrected chi connectivity index (χ3v) is 6.27. The molecule has 1 aromatic heterocycles. The van der Waals surface area contributed by atoms with Crippen molar-refractivity contribution in [2.45, 2.75) is 26.7 Å². The Bertz CT molecular complexity index is 1690. The van der Waals surface area contributed by atoms with Gasteiger partial charge < -0.3 is 14.2 Å². The number of aromatic nitrogens is 2. The molecule has 11 nitrogen and oxygen atoms in total. The van der Waals surface area contributed by atoms with E-state index in [4.69, 9.17) is 14.5 Å². The van der Waals surface area contributed by atoms with Gasteiger partial charge in [-0.05, 0) is 60.4 Å². The Morgan fingerprint density at radius 3 is 2.55 bits per heavy atom. The number of ether oxygens (including phenoxy) is 3. The molecule has 3 aromatic carbocycles. The number of carbonyl (C=O) groups excluding carboxylic acids is 1. The summed E-state index contributed by atoms with van der Waals surface area (Å²) < 4.78 is 16.5. The number of hydrogen-bond donors (Lipinski definition) is 0. The van der Waals surface area contributed by atoms with Crippen molar-refractivity contribution in [2.75, 3.05) is 20.8 Å². The predicted octanol–water partition coefficient (Wildman–Crippen LogP) is 4.85. The first kappa shape index (κ1) is 28.0. The van der Waals surface area contributed by atoms with E-state index in [1.165, 1.54) is 36.2 Å². The van der Waals surface area contributed by atoms with Gasteiger partial charge in [0.15, 0.2) is 18.2 Å². The summed E-state index contributed by atoms with van der Waals surface area (Å²) in [4.78, 5) is 40.8. The van der Waals surface area contributed by atoms with Crippen molar-refractivity contribution in [1.82, 2.24) is 9.66 Å². The molecule has 0 saturated heterocycles. The molecule has 0 fully saturated rings. The van der Waals surface area contributed by atoms with Crippen LogP contribution in [-0.4, -0.2) is 47.6 Å². The molecule has 0 unspecified atom stereocenters. The molecule has 0 atom stereocenters. The van der Waals surface area contributed by atoms with Gasteiger partial charge in [-0.3, -0.25) is 14.9 Å². The van der Waals surface area contributed by atoms with Gasteiger partial charge in [0.05, 0.1) is 36.3 Å². The van der Waals surface area contributed by atoms with E-state index >= 15 is 0 Å². The van der Waals surface area contributed by atoms with Crippen LogP contribution in [0.25, 0.3) is 22.3 Å². The number of rotatable bonds is 9. The minimum atomic E-state index is -0.676. The highest BCUT2D eigenvalue weighted by Crippen LogP contribution is 2.34. The van der Waals surface area contributed by atoms with Crippen LogP contribution in [-0.2, 0) is 9.53 Å². The third-order valence-electron chi connectivity index (χ3n) is 6.27. The molecule has 0 radical (unpaired) electrons. The Balaban J connectivity index is 1.86. The van der Waals surface area contributed by atoms with E-state index in [1.807, 2.05) is 32.9 Å². The predicted molar refractivity (Wildman–Crippen MR) is 150 cm³/mol. The molecule has 206 valence electrons. The molecule has 0 amide bonds. The van der Waals surface area contributed by atoms with Crippen molar-refractivity contribution >= 4 is 28.8 Å². The van der Waals surface area contributed by atoms with Crippen molar-refractivity contribution < 1.29 is 23.9 Å². The van der Waals surface area contributed by atoms with E-state index in [1.54, 1.807) is 31.4 Å². The highest BCUT2D eigenvalue weighted by molar-refractivity contribution is 5.83. The molecule has 0 N–H and O–H groups in total. The molecule has 0 aliphatic heterocycles. The molecule has 0 aliphatic carbocycles. The topological polar surface area (TPSA) is 135 Å². The maximum absolute atomic E-state index is 13.6. The normalized spacial score (nSPS) is 11.2. The Hall–Kier alpha value is -5.06. The lowest BCUT2D eigenvalue weighted by atomic mass is 9.96. The fourth-order valence-corrected chi connectivity index (χ4v) is 4.17. The van der Waals surface area contributed by atoms with Crippen LogP contribution in [0, 0.1) is 17.0 Å². The number of fused-ring (bicyclic) bond motifs is 1. The number of para-hydroxylation sites is 1. The van der Waals surface area contributed by atoms with E-state index in [9.17, 15) is 19.7 Å². The molecule has 0 spiro atoms. The summed E-state index contributed by atoms with van der Waals surface area (Å²) >= 11 is 0. The van der Waals surface area contributed by atoms with Crippen LogP contribution >= 0.6 is 0 Å². The Labute approximate surface area is 229 Å². The highest BCUT2D eigenvalue weighted by atomic mass is 16.6. The zero-order valence-electron chi connectivity index (χ0n) is 22.7. The Morgan fingerprint density at radius 1 is 1.12 bits per heavy atom. The SMILES string of the molecule is COC(=O)COc1ccc(C=Nn2c(-c3cc(C(C)C)c(OC)cc3C)nc3ccccc3c2=O)cc1[N+](=O)[O-]. The second-order valence-corrected chi connectivity index (χ2v) is 9.23. The van der Waals surface area contributed by atoms with Crippen LogP contribution < -0.4 is 15.0 Å². The largest absolute Gasteiger partial charge is 0.496 e. The molecule has 0 saturated carbocycles. The van der Waals surface area contributed by atoms with E-state index in [-0.39, 0.29) is 17.4 Å². The van der Waals surface area contributed by atoms with Gasteiger partial charge in [-0.25, -0.2) is 9.78 Å². The van der Waals surface area contributed by atoms with Crippen molar-refractivity contribution in [3.05, 3.63) is 91.8 Å². The van der Waals surface area contributed by atoms with Crippen LogP contribution in [0.15, 0.2) is 64.5 Å². The van der Waals surface area contributed by atoms with Gasteiger partial charge in [0, 0.05) is 17.2 Å². The van der Waals surface area contributed by atoms with Crippen molar-refractivity contribution in [2.24, 2.45) is 5.10 Å². The third kappa shape index (κ3) is 5.68. The van der Waals surface area contributed by atoms with Crippen LogP contribution in [0.1, 0.15) is 36.5 Å². The number of esters is 1. The Kier molecular flexibility index (Phi) is 8.23. The van der Waals surface area contributed by atoms with Crippen LogP contribution in [0.3, 0.4) is 0 Å². The summed E-state index contributed by atoms with van der Waals surface area (Å²) in [7, 11) is 2.80. The van der Waals surface area contributed by atoms with Gasteiger partial charge in [0.2, 0.25) is 0 Å². The molecule has 0 aliphatic rings. The molecule has 4 rings (SSSR count). The second-order valence-electron chi connectivity index (χ2n) is 9.23. The van der Waals surface area contributed by atoms with Gasteiger partial charge in [-0.2, -0.15) is 9.78 Å². The van der Waals surface area contributed by atoms with Crippen LogP contribution in [0.2, 0.25) is 0 Å². The van der Waals surface area contributed by atoms with Crippen molar-refractivity contribution in [1.29, 1.82) is 0 Å². The zero-order chi connectivity index (χ0) is 29.0. The Morgan fingerprint density at radius 2 is 1.88 bits per heavy atom. The fraction of sp³-hybridized carbons (Fsp3) is 0.241. The van der Waals surface area contributed by atoms with Crippen LogP contribution in [0.5, 0.6) is 11.5 Å². The highest BCUT2D eigenvalue weighted by Gasteiger charge is 2.20. The van der Waals surface area contributed by atoms with E-state index < -0.39 is 23.1 Å². The van der Waals surface area contributed by atoms with Crippen molar-refractivity contribution in [3.8, 4) is 22.9 Å². The minimum Gasteiger partial charge on any atom is -0.496 e. The zero-order valence-corrected chi connectivity index (χ0v) is 22.7. The quantitative estimate of drug-likeness (QED) is 0.126. The minimum absolute atomic E-state index is 0.104. The summed E-state index contributed by atoms with van der Waals surface area (Å²) in [5.41, 5.74) is 2.54. The van der Waals surface area contributed by atoms with Gasteiger partial charge >= 0.3 is 11.7 Å². The number of nitro groups is 1.